The van der Waals surface area contributed by atoms with E-state index in [1.165, 1.54) is 5.56 Å². The van der Waals surface area contributed by atoms with E-state index < -0.39 is 0 Å². The summed E-state index contributed by atoms with van der Waals surface area (Å²) in [6.45, 7) is 2.12. The summed E-state index contributed by atoms with van der Waals surface area (Å²) in [5, 5.41) is 3.01. The predicted octanol–water partition coefficient (Wildman–Crippen LogP) is 2.27. The van der Waals surface area contributed by atoms with E-state index >= 15 is 0 Å². The summed E-state index contributed by atoms with van der Waals surface area (Å²) >= 11 is 0. The van der Waals surface area contributed by atoms with E-state index in [-0.39, 0.29) is 11.8 Å². The highest BCUT2D eigenvalue weighted by molar-refractivity contribution is 6.30. The molecule has 1 aromatic carbocycles. The molecule has 1 heterocycles. The highest BCUT2D eigenvalue weighted by Crippen LogP contribution is 2.14. The number of rotatable bonds is 5. The summed E-state index contributed by atoms with van der Waals surface area (Å²) in [6, 6.07) is 10.1. The van der Waals surface area contributed by atoms with Crippen LogP contribution < -0.4 is 5.32 Å². The maximum absolute atomic E-state index is 11.8. The Labute approximate surface area is 116 Å². The van der Waals surface area contributed by atoms with Gasteiger partial charge in [0, 0.05) is 18.5 Å². The van der Waals surface area contributed by atoms with E-state index in [1.807, 2.05) is 18.2 Å². The SMILES string of the molecule is CCC1CCC(NC(=O)CCc2ccccc2)[B]O1. The van der Waals surface area contributed by atoms with Crippen LogP contribution in [-0.2, 0) is 15.9 Å². The molecule has 1 aliphatic rings. The van der Waals surface area contributed by atoms with Gasteiger partial charge in [0.2, 0.25) is 5.91 Å². The van der Waals surface area contributed by atoms with Crippen LogP contribution in [0.1, 0.15) is 38.2 Å². The lowest BCUT2D eigenvalue weighted by Gasteiger charge is -2.28. The van der Waals surface area contributed by atoms with E-state index in [0.717, 1.165) is 25.7 Å². The standard InChI is InChI=1S/C15H21BNO2/c1-2-13-9-10-14(16-19-13)17-15(18)11-8-12-6-4-3-5-7-12/h3-7,13-14H,2,8-11H2,1H3,(H,17,18). The summed E-state index contributed by atoms with van der Waals surface area (Å²) in [5.41, 5.74) is 1.20. The lowest BCUT2D eigenvalue weighted by molar-refractivity contribution is -0.121. The minimum Gasteiger partial charge on any atom is -0.436 e. The molecule has 1 saturated heterocycles. The topological polar surface area (TPSA) is 38.3 Å². The first kappa shape index (κ1) is 14.1. The molecule has 1 fully saturated rings. The monoisotopic (exact) mass is 258 g/mol. The van der Waals surface area contributed by atoms with Crippen molar-refractivity contribution in [3.63, 3.8) is 0 Å². The Kier molecular flexibility index (Phi) is 5.46. The van der Waals surface area contributed by atoms with E-state index in [1.54, 1.807) is 7.48 Å². The van der Waals surface area contributed by atoms with Gasteiger partial charge in [-0.25, -0.2) is 0 Å². The quantitative estimate of drug-likeness (QED) is 0.823. The van der Waals surface area contributed by atoms with Crippen molar-refractivity contribution >= 4 is 13.4 Å². The molecule has 1 N–H and O–H groups in total. The van der Waals surface area contributed by atoms with Crippen LogP contribution in [0.4, 0.5) is 0 Å². The van der Waals surface area contributed by atoms with Crippen molar-refractivity contribution in [3.8, 4) is 0 Å². The zero-order valence-electron chi connectivity index (χ0n) is 11.5. The number of hydrogen-bond acceptors (Lipinski definition) is 2. The number of carbonyl (C=O) groups is 1. The fourth-order valence-corrected chi connectivity index (χ4v) is 2.30. The van der Waals surface area contributed by atoms with Gasteiger partial charge in [0.25, 0.3) is 0 Å². The molecule has 0 saturated carbocycles. The first-order chi connectivity index (χ1) is 9.28. The number of benzene rings is 1. The molecule has 2 atom stereocenters. The van der Waals surface area contributed by atoms with Crippen LogP contribution in [0.25, 0.3) is 0 Å². The molecule has 2 unspecified atom stereocenters. The van der Waals surface area contributed by atoms with Crippen LogP contribution >= 0.6 is 0 Å². The second-order valence-electron chi connectivity index (χ2n) is 5.04. The summed E-state index contributed by atoms with van der Waals surface area (Å²) in [6.07, 6.45) is 4.69. The van der Waals surface area contributed by atoms with Crippen molar-refractivity contribution in [2.45, 2.75) is 51.1 Å². The lowest BCUT2D eigenvalue weighted by atomic mass is 9.79. The Morgan fingerprint density at radius 1 is 1.37 bits per heavy atom. The maximum atomic E-state index is 11.8. The van der Waals surface area contributed by atoms with Gasteiger partial charge in [-0.15, -0.1) is 0 Å². The van der Waals surface area contributed by atoms with Crippen LogP contribution in [0.5, 0.6) is 0 Å². The minimum atomic E-state index is 0.0751. The highest BCUT2D eigenvalue weighted by atomic mass is 16.4. The Balaban J connectivity index is 1.67. The molecule has 0 spiro atoms. The molecule has 0 aliphatic carbocycles. The molecular formula is C15H21BNO2. The molecule has 3 nitrogen and oxygen atoms in total. The number of carbonyl (C=O) groups excluding carboxylic acids is 1. The number of aryl methyl sites for hydroxylation is 1. The van der Waals surface area contributed by atoms with Crippen LogP contribution in [0.15, 0.2) is 30.3 Å². The predicted molar refractivity (Wildman–Crippen MR) is 76.8 cm³/mol. The smallest absolute Gasteiger partial charge is 0.317 e. The molecule has 19 heavy (non-hydrogen) atoms. The first-order valence-electron chi connectivity index (χ1n) is 7.10. The molecule has 2 rings (SSSR count). The van der Waals surface area contributed by atoms with Crippen molar-refractivity contribution in [2.75, 3.05) is 0 Å². The van der Waals surface area contributed by atoms with Gasteiger partial charge in [-0.3, -0.25) is 4.79 Å². The van der Waals surface area contributed by atoms with Crippen molar-refractivity contribution < 1.29 is 9.45 Å². The molecule has 1 amide bonds. The molecule has 1 aliphatic heterocycles. The summed E-state index contributed by atoms with van der Waals surface area (Å²) in [5.74, 6) is 0.176. The van der Waals surface area contributed by atoms with Gasteiger partial charge in [-0.05, 0) is 31.2 Å². The van der Waals surface area contributed by atoms with Crippen molar-refractivity contribution in [1.82, 2.24) is 5.32 Å². The van der Waals surface area contributed by atoms with Crippen LogP contribution in [0.2, 0.25) is 0 Å². The largest absolute Gasteiger partial charge is 0.436 e. The molecule has 1 radical (unpaired) electrons. The van der Waals surface area contributed by atoms with Crippen LogP contribution in [-0.4, -0.2) is 25.4 Å². The van der Waals surface area contributed by atoms with Crippen LogP contribution in [0.3, 0.4) is 0 Å². The number of nitrogens with one attached hydrogen (secondary N) is 1. The Hall–Kier alpha value is -1.29. The second-order valence-corrected chi connectivity index (χ2v) is 5.04. The van der Waals surface area contributed by atoms with Gasteiger partial charge in [-0.2, -0.15) is 0 Å². The minimum absolute atomic E-state index is 0.0751. The van der Waals surface area contributed by atoms with Gasteiger partial charge < -0.3 is 9.97 Å². The normalized spacial score (nSPS) is 22.6. The number of amides is 1. The number of hydrogen-bond donors (Lipinski definition) is 1. The highest BCUT2D eigenvalue weighted by Gasteiger charge is 2.23. The van der Waals surface area contributed by atoms with Gasteiger partial charge in [0.05, 0.1) is 0 Å². The van der Waals surface area contributed by atoms with Gasteiger partial charge in [0.1, 0.15) is 0 Å². The Bertz CT molecular complexity index is 388. The zero-order valence-corrected chi connectivity index (χ0v) is 11.5. The Morgan fingerprint density at radius 3 is 2.79 bits per heavy atom. The molecule has 1 aromatic rings. The van der Waals surface area contributed by atoms with Gasteiger partial charge in [-0.1, -0.05) is 37.3 Å². The average Bonchev–Trinajstić information content (AvgIpc) is 2.47. The Morgan fingerprint density at radius 2 is 2.16 bits per heavy atom. The third kappa shape index (κ3) is 4.71. The lowest BCUT2D eigenvalue weighted by Crippen LogP contribution is -2.44. The average molecular weight is 258 g/mol. The first-order valence-corrected chi connectivity index (χ1v) is 7.10. The van der Waals surface area contributed by atoms with E-state index in [9.17, 15) is 4.79 Å². The van der Waals surface area contributed by atoms with Gasteiger partial charge in [0.15, 0.2) is 0 Å². The third-order valence-electron chi connectivity index (χ3n) is 3.52. The van der Waals surface area contributed by atoms with Crippen molar-refractivity contribution in [2.24, 2.45) is 0 Å². The molecular weight excluding hydrogens is 237 g/mol. The molecule has 0 aromatic heterocycles. The van der Waals surface area contributed by atoms with E-state index in [0.29, 0.717) is 12.5 Å². The summed E-state index contributed by atoms with van der Waals surface area (Å²) in [7, 11) is 1.79. The van der Waals surface area contributed by atoms with Crippen molar-refractivity contribution in [3.05, 3.63) is 35.9 Å². The summed E-state index contributed by atoms with van der Waals surface area (Å²) in [4.78, 5) is 11.8. The van der Waals surface area contributed by atoms with Crippen LogP contribution in [0, 0.1) is 0 Å². The van der Waals surface area contributed by atoms with Crippen molar-refractivity contribution in [1.29, 1.82) is 0 Å². The summed E-state index contributed by atoms with van der Waals surface area (Å²) < 4.78 is 5.56. The van der Waals surface area contributed by atoms with E-state index in [2.05, 4.69) is 24.4 Å². The third-order valence-corrected chi connectivity index (χ3v) is 3.52. The van der Waals surface area contributed by atoms with Gasteiger partial charge >= 0.3 is 7.48 Å². The fourth-order valence-electron chi connectivity index (χ4n) is 2.30. The molecule has 101 valence electrons. The fraction of sp³-hybridized carbons (Fsp3) is 0.533. The molecule has 0 bridgehead atoms. The second kappa shape index (κ2) is 7.34. The van der Waals surface area contributed by atoms with E-state index in [4.69, 9.17) is 4.65 Å². The maximum Gasteiger partial charge on any atom is 0.317 e. The zero-order chi connectivity index (χ0) is 13.5. The molecule has 4 heteroatoms.